The first-order valence-electron chi connectivity index (χ1n) is 1.77. The summed E-state index contributed by atoms with van der Waals surface area (Å²) >= 11 is 0. The molecule has 0 rings (SSSR count). The highest BCUT2D eigenvalue weighted by Crippen LogP contribution is 1.74. The molecule has 0 unspecified atom stereocenters. The van der Waals surface area contributed by atoms with E-state index in [4.69, 9.17) is 11.3 Å². The molecule has 40 valence electrons. The number of nitrogens with two attached hydrogens (primary N) is 1. The van der Waals surface area contributed by atoms with Crippen LogP contribution in [0.2, 0.25) is 0 Å². The van der Waals surface area contributed by atoms with Crippen molar-refractivity contribution in [3.05, 3.63) is 10.4 Å². The molecule has 0 amide bonds. The minimum absolute atomic E-state index is 0.254. The number of hydrogen-bond donors (Lipinski definition) is 1. The Labute approximate surface area is 41.3 Å². The van der Waals surface area contributed by atoms with Crippen LogP contribution in [0.25, 0.3) is 10.4 Å². The average Bonchev–Trinajstić information content (AvgIpc) is 1.68. The van der Waals surface area contributed by atoms with Crippen LogP contribution in [0.1, 0.15) is 0 Å². The fourth-order valence-corrected chi connectivity index (χ4v) is 0.105. The maximum atomic E-state index is 7.73. The molecule has 0 radical (unpaired) electrons. The molecule has 0 aromatic carbocycles. The van der Waals surface area contributed by atoms with Crippen molar-refractivity contribution in [2.75, 3.05) is 13.7 Å². The number of hydrogen-bond acceptors (Lipinski definition) is 2. The normalized spacial score (nSPS) is 7.14. The lowest BCUT2D eigenvalue weighted by molar-refractivity contribution is 0.359. The molecule has 0 saturated carbocycles. The van der Waals surface area contributed by atoms with Crippen molar-refractivity contribution in [3.8, 4) is 0 Å². The minimum atomic E-state index is 0.254. The lowest BCUT2D eigenvalue weighted by Gasteiger charge is -1.98. The SMILES string of the molecule is CN(CN)N=[N+]=[N-]. The maximum Gasteiger partial charge on any atom is 0.138 e. The summed E-state index contributed by atoms with van der Waals surface area (Å²) in [6.07, 6.45) is 0. The predicted molar refractivity (Wildman–Crippen MR) is 26.0 cm³/mol. The Hall–Kier alpha value is -0.930. The van der Waals surface area contributed by atoms with Crippen LogP contribution in [-0.2, 0) is 0 Å². The van der Waals surface area contributed by atoms with Gasteiger partial charge in [0.2, 0.25) is 0 Å². The minimum Gasteiger partial charge on any atom is -0.295 e. The summed E-state index contributed by atoms with van der Waals surface area (Å²) in [4.78, 5) is 2.48. The molecule has 0 spiro atoms. The topological polar surface area (TPSA) is 78.0 Å². The van der Waals surface area contributed by atoms with Gasteiger partial charge in [0.05, 0.1) is 7.05 Å². The second-order valence-electron chi connectivity index (χ2n) is 1.02. The molecule has 0 aliphatic heterocycles. The van der Waals surface area contributed by atoms with Gasteiger partial charge < -0.3 is 0 Å². The molecule has 0 heterocycles. The lowest BCUT2D eigenvalue weighted by atomic mass is 11.0. The van der Waals surface area contributed by atoms with E-state index < -0.39 is 0 Å². The summed E-state index contributed by atoms with van der Waals surface area (Å²) in [6, 6.07) is 0. The first-order chi connectivity index (χ1) is 3.31. The molecule has 0 atom stereocenters. The van der Waals surface area contributed by atoms with Crippen LogP contribution in [0.3, 0.4) is 0 Å². The van der Waals surface area contributed by atoms with Gasteiger partial charge in [0.1, 0.15) is 6.67 Å². The zero-order valence-corrected chi connectivity index (χ0v) is 4.07. The fourth-order valence-electron chi connectivity index (χ4n) is 0.105. The standard InChI is InChI=1S/C2H7N5/c1-7(2-3)6-5-4/h2-3H2,1H3. The molecule has 2 N–H and O–H groups in total. The van der Waals surface area contributed by atoms with Gasteiger partial charge in [-0.15, -0.1) is 5.53 Å². The number of azide groups is 1. The van der Waals surface area contributed by atoms with Gasteiger partial charge in [-0.25, -0.2) is 5.01 Å². The van der Waals surface area contributed by atoms with E-state index in [9.17, 15) is 0 Å². The van der Waals surface area contributed by atoms with Crippen LogP contribution < -0.4 is 5.73 Å². The van der Waals surface area contributed by atoms with Gasteiger partial charge in [-0.05, 0) is 5.22 Å². The van der Waals surface area contributed by atoms with Gasteiger partial charge in [-0.1, -0.05) is 0 Å². The first-order valence-corrected chi connectivity index (χ1v) is 1.77. The van der Waals surface area contributed by atoms with Gasteiger partial charge in [0, 0.05) is 0 Å². The molecular formula is C2H7N5. The van der Waals surface area contributed by atoms with Crippen LogP contribution in [0.15, 0.2) is 5.22 Å². The quantitative estimate of drug-likeness (QED) is 0.175. The second-order valence-corrected chi connectivity index (χ2v) is 1.02. The van der Waals surface area contributed by atoms with E-state index >= 15 is 0 Å². The van der Waals surface area contributed by atoms with Crippen molar-refractivity contribution in [1.82, 2.24) is 5.01 Å². The molecule has 0 aliphatic carbocycles. The van der Waals surface area contributed by atoms with E-state index in [1.165, 1.54) is 5.01 Å². The van der Waals surface area contributed by atoms with Crippen LogP contribution in [0.5, 0.6) is 0 Å². The summed E-state index contributed by atoms with van der Waals surface area (Å²) < 4.78 is 0. The van der Waals surface area contributed by atoms with Crippen LogP contribution in [0.4, 0.5) is 0 Å². The monoisotopic (exact) mass is 101 g/mol. The van der Waals surface area contributed by atoms with Crippen molar-refractivity contribution >= 4 is 0 Å². The summed E-state index contributed by atoms with van der Waals surface area (Å²) in [6.45, 7) is 0.254. The molecule has 0 aromatic rings. The molecule has 0 saturated heterocycles. The van der Waals surface area contributed by atoms with E-state index in [1.807, 2.05) is 0 Å². The van der Waals surface area contributed by atoms with Crippen molar-refractivity contribution in [2.24, 2.45) is 11.0 Å². The van der Waals surface area contributed by atoms with E-state index in [1.54, 1.807) is 7.05 Å². The fraction of sp³-hybridized carbons (Fsp3) is 1.00. The Morgan fingerprint density at radius 2 is 2.57 bits per heavy atom. The highest BCUT2D eigenvalue weighted by Gasteiger charge is 1.82. The Morgan fingerprint density at radius 1 is 2.00 bits per heavy atom. The van der Waals surface area contributed by atoms with E-state index in [0.29, 0.717) is 0 Å². The molecule has 5 nitrogen and oxygen atoms in total. The molecular weight excluding hydrogens is 94.1 g/mol. The van der Waals surface area contributed by atoms with Gasteiger partial charge in [0.15, 0.2) is 0 Å². The summed E-state index contributed by atoms with van der Waals surface area (Å²) in [5.41, 5.74) is 12.7. The van der Waals surface area contributed by atoms with Crippen molar-refractivity contribution in [1.29, 1.82) is 0 Å². The van der Waals surface area contributed by atoms with Crippen molar-refractivity contribution < 1.29 is 0 Å². The van der Waals surface area contributed by atoms with Gasteiger partial charge in [0.25, 0.3) is 0 Å². The summed E-state index contributed by atoms with van der Waals surface area (Å²) in [5.74, 6) is 0. The Kier molecular flexibility index (Phi) is 2.83. The molecule has 0 fully saturated rings. The van der Waals surface area contributed by atoms with Crippen LogP contribution >= 0.6 is 0 Å². The molecule has 0 bridgehead atoms. The molecule has 0 aliphatic rings. The second kappa shape index (κ2) is 3.27. The van der Waals surface area contributed by atoms with Gasteiger partial charge in [-0.3, -0.25) is 5.73 Å². The smallest absolute Gasteiger partial charge is 0.138 e. The average molecular weight is 101 g/mol. The zero-order chi connectivity index (χ0) is 5.70. The number of nitrogens with zero attached hydrogens (tertiary/aromatic N) is 4. The summed E-state index contributed by atoms with van der Waals surface area (Å²) in [7, 11) is 1.60. The Morgan fingerprint density at radius 3 is 2.71 bits per heavy atom. The van der Waals surface area contributed by atoms with Gasteiger partial charge in [-0.2, -0.15) is 4.91 Å². The zero-order valence-electron chi connectivity index (χ0n) is 4.07. The third kappa shape index (κ3) is 2.88. The lowest BCUT2D eigenvalue weighted by Crippen LogP contribution is -2.18. The van der Waals surface area contributed by atoms with E-state index in [0.717, 1.165) is 0 Å². The first kappa shape index (κ1) is 6.07. The Bertz CT molecular complexity index is 82.1. The van der Waals surface area contributed by atoms with Crippen molar-refractivity contribution in [3.63, 3.8) is 0 Å². The highest BCUT2D eigenvalue weighted by molar-refractivity contribution is 4.37. The van der Waals surface area contributed by atoms with E-state index in [-0.39, 0.29) is 6.67 Å². The van der Waals surface area contributed by atoms with Crippen LogP contribution in [-0.4, -0.2) is 18.7 Å². The highest BCUT2D eigenvalue weighted by atomic mass is 15.5. The third-order valence-electron chi connectivity index (χ3n) is 0.457. The van der Waals surface area contributed by atoms with Crippen LogP contribution in [0, 0.1) is 0 Å². The molecule has 0 aromatic heterocycles. The predicted octanol–water partition coefficient (Wildman–Crippen LogP) is 0.0597. The van der Waals surface area contributed by atoms with E-state index in [2.05, 4.69) is 10.1 Å². The maximum absolute atomic E-state index is 7.73. The van der Waals surface area contributed by atoms with Gasteiger partial charge >= 0.3 is 0 Å². The van der Waals surface area contributed by atoms with Crippen molar-refractivity contribution in [2.45, 2.75) is 0 Å². The summed E-state index contributed by atoms with van der Waals surface area (Å²) in [5, 5.41) is 4.42. The molecule has 5 heteroatoms. The third-order valence-corrected chi connectivity index (χ3v) is 0.457. The Balaban J connectivity index is 3.35. The number of rotatable bonds is 2. The molecule has 7 heavy (non-hydrogen) atoms. The largest absolute Gasteiger partial charge is 0.295 e.